The molecule has 0 saturated heterocycles. The van der Waals surface area contributed by atoms with Crippen LogP contribution in [-0.4, -0.2) is 17.6 Å². The lowest BCUT2D eigenvalue weighted by molar-refractivity contribution is -0.126. The first-order valence-electron chi connectivity index (χ1n) is 7.54. The van der Waals surface area contributed by atoms with E-state index in [9.17, 15) is 9.90 Å². The van der Waals surface area contributed by atoms with Crippen LogP contribution in [0.15, 0.2) is 47.8 Å². The molecule has 2 unspecified atom stereocenters. The van der Waals surface area contributed by atoms with Crippen molar-refractivity contribution in [1.82, 2.24) is 5.32 Å². The van der Waals surface area contributed by atoms with Crippen molar-refractivity contribution in [3.63, 3.8) is 0 Å². The van der Waals surface area contributed by atoms with Gasteiger partial charge in [-0.05, 0) is 36.3 Å². The molecule has 3 nitrogen and oxygen atoms in total. The number of aliphatic hydroxyl groups is 1. The Labute approximate surface area is 136 Å². The molecule has 0 bridgehead atoms. The van der Waals surface area contributed by atoms with Gasteiger partial charge in [0.15, 0.2) is 0 Å². The Balaban J connectivity index is 1.80. The topological polar surface area (TPSA) is 49.3 Å². The lowest BCUT2D eigenvalue weighted by atomic mass is 9.92. The molecular formula is C18H23NO2S. The summed E-state index contributed by atoms with van der Waals surface area (Å²) < 4.78 is 0. The number of carbonyl (C=O) groups excluding carboxylic acids is 1. The first kappa shape index (κ1) is 16.7. The van der Waals surface area contributed by atoms with Crippen molar-refractivity contribution in [1.29, 1.82) is 0 Å². The Morgan fingerprint density at radius 2 is 2.00 bits per heavy atom. The molecule has 4 heteroatoms. The first-order valence-corrected chi connectivity index (χ1v) is 8.42. The third kappa shape index (κ3) is 4.97. The van der Waals surface area contributed by atoms with Gasteiger partial charge in [0, 0.05) is 11.4 Å². The van der Waals surface area contributed by atoms with Crippen LogP contribution in [0.25, 0.3) is 0 Å². The van der Waals surface area contributed by atoms with Crippen molar-refractivity contribution in [2.45, 2.75) is 32.3 Å². The quantitative estimate of drug-likeness (QED) is 0.823. The highest BCUT2D eigenvalue weighted by Crippen LogP contribution is 2.24. The monoisotopic (exact) mass is 317 g/mol. The van der Waals surface area contributed by atoms with Crippen LogP contribution in [0.1, 0.15) is 30.7 Å². The van der Waals surface area contributed by atoms with Crippen LogP contribution in [0.5, 0.6) is 0 Å². The fourth-order valence-corrected chi connectivity index (χ4v) is 3.28. The minimum Gasteiger partial charge on any atom is -0.385 e. The summed E-state index contributed by atoms with van der Waals surface area (Å²) >= 11 is 1.74. The Morgan fingerprint density at radius 3 is 2.64 bits per heavy atom. The molecule has 0 fully saturated rings. The molecule has 1 aromatic carbocycles. The zero-order chi connectivity index (χ0) is 16.0. The standard InChI is InChI=1S/C18H23NO2S/c1-14(11-16-9-6-10-22-16)13-19-17(20)12-18(2,21)15-7-4-3-5-8-15/h3-10,14,21H,11-13H2,1-2H3,(H,19,20). The van der Waals surface area contributed by atoms with Crippen molar-refractivity contribution in [2.24, 2.45) is 5.92 Å². The molecule has 0 radical (unpaired) electrons. The Hall–Kier alpha value is -1.65. The van der Waals surface area contributed by atoms with Crippen LogP contribution in [0.3, 0.4) is 0 Å². The number of amides is 1. The Bertz CT molecular complexity index is 578. The largest absolute Gasteiger partial charge is 0.385 e. The van der Waals surface area contributed by atoms with Gasteiger partial charge in [0.1, 0.15) is 0 Å². The molecule has 0 aliphatic rings. The molecule has 2 atom stereocenters. The van der Waals surface area contributed by atoms with Gasteiger partial charge in [0.05, 0.1) is 12.0 Å². The van der Waals surface area contributed by atoms with Gasteiger partial charge >= 0.3 is 0 Å². The van der Waals surface area contributed by atoms with E-state index in [-0.39, 0.29) is 12.3 Å². The summed E-state index contributed by atoms with van der Waals surface area (Å²) in [5.41, 5.74) is -0.376. The molecule has 1 amide bonds. The second-order valence-electron chi connectivity index (χ2n) is 6.01. The molecule has 0 aliphatic carbocycles. The zero-order valence-corrected chi connectivity index (χ0v) is 13.9. The number of rotatable bonds is 7. The van der Waals surface area contributed by atoms with E-state index in [0.717, 1.165) is 12.0 Å². The second-order valence-corrected chi connectivity index (χ2v) is 7.04. The second kappa shape index (κ2) is 7.56. The summed E-state index contributed by atoms with van der Waals surface area (Å²) in [5, 5.41) is 15.5. The number of thiophene rings is 1. The average Bonchev–Trinajstić information content (AvgIpc) is 2.98. The van der Waals surface area contributed by atoms with Gasteiger partial charge in [0.2, 0.25) is 5.91 Å². The predicted octanol–water partition coefficient (Wildman–Crippen LogP) is 3.34. The van der Waals surface area contributed by atoms with Crippen LogP contribution in [-0.2, 0) is 16.8 Å². The normalized spacial score (nSPS) is 15.0. The SMILES string of the molecule is CC(CNC(=O)CC(C)(O)c1ccccc1)Cc1cccs1. The van der Waals surface area contributed by atoms with Gasteiger partial charge in [-0.25, -0.2) is 0 Å². The molecule has 2 rings (SSSR count). The summed E-state index contributed by atoms with van der Waals surface area (Å²) in [4.78, 5) is 13.4. The van der Waals surface area contributed by atoms with E-state index in [1.165, 1.54) is 4.88 Å². The molecular weight excluding hydrogens is 294 g/mol. The third-order valence-corrected chi connectivity index (χ3v) is 4.58. The highest BCUT2D eigenvalue weighted by Gasteiger charge is 2.26. The molecule has 0 aliphatic heterocycles. The van der Waals surface area contributed by atoms with Crippen LogP contribution in [0.4, 0.5) is 0 Å². The van der Waals surface area contributed by atoms with E-state index in [2.05, 4.69) is 23.7 Å². The van der Waals surface area contributed by atoms with Crippen molar-refractivity contribution >= 4 is 17.2 Å². The molecule has 2 aromatic rings. The van der Waals surface area contributed by atoms with Gasteiger partial charge in [-0.1, -0.05) is 43.3 Å². The summed E-state index contributed by atoms with van der Waals surface area (Å²) in [6.45, 7) is 4.42. The van der Waals surface area contributed by atoms with E-state index in [0.29, 0.717) is 12.5 Å². The van der Waals surface area contributed by atoms with Crippen LogP contribution in [0, 0.1) is 5.92 Å². The number of hydrogen-bond donors (Lipinski definition) is 2. The third-order valence-electron chi connectivity index (χ3n) is 3.68. The van der Waals surface area contributed by atoms with Gasteiger partial charge in [-0.2, -0.15) is 0 Å². The van der Waals surface area contributed by atoms with Gasteiger partial charge in [0.25, 0.3) is 0 Å². The van der Waals surface area contributed by atoms with E-state index in [1.54, 1.807) is 18.3 Å². The van der Waals surface area contributed by atoms with Gasteiger partial charge in [-0.15, -0.1) is 11.3 Å². The van der Waals surface area contributed by atoms with Crippen molar-refractivity contribution in [3.8, 4) is 0 Å². The van der Waals surface area contributed by atoms with Crippen LogP contribution >= 0.6 is 11.3 Å². The van der Waals surface area contributed by atoms with Crippen LogP contribution < -0.4 is 5.32 Å². The number of nitrogens with one attached hydrogen (secondary N) is 1. The smallest absolute Gasteiger partial charge is 0.223 e. The van der Waals surface area contributed by atoms with Crippen molar-refractivity contribution in [3.05, 3.63) is 58.3 Å². The lowest BCUT2D eigenvalue weighted by Crippen LogP contribution is -2.35. The number of carbonyl (C=O) groups is 1. The molecule has 0 spiro atoms. The molecule has 1 heterocycles. The molecule has 0 saturated carbocycles. The highest BCUT2D eigenvalue weighted by atomic mass is 32.1. The lowest BCUT2D eigenvalue weighted by Gasteiger charge is -2.23. The van der Waals surface area contributed by atoms with E-state index >= 15 is 0 Å². The maximum absolute atomic E-state index is 12.1. The van der Waals surface area contributed by atoms with E-state index in [4.69, 9.17) is 0 Å². The van der Waals surface area contributed by atoms with Gasteiger partial charge < -0.3 is 10.4 Å². The fourth-order valence-electron chi connectivity index (χ4n) is 2.41. The molecule has 1 aromatic heterocycles. The molecule has 2 N–H and O–H groups in total. The molecule has 22 heavy (non-hydrogen) atoms. The van der Waals surface area contributed by atoms with Crippen LogP contribution in [0.2, 0.25) is 0 Å². The number of benzene rings is 1. The summed E-state index contributed by atoms with van der Waals surface area (Å²) in [5.74, 6) is 0.260. The Kier molecular flexibility index (Phi) is 5.75. The molecule has 118 valence electrons. The van der Waals surface area contributed by atoms with Crippen molar-refractivity contribution in [2.75, 3.05) is 6.54 Å². The van der Waals surface area contributed by atoms with E-state index in [1.807, 2.05) is 36.4 Å². The highest BCUT2D eigenvalue weighted by molar-refractivity contribution is 7.09. The average molecular weight is 317 g/mol. The number of hydrogen-bond acceptors (Lipinski definition) is 3. The summed E-state index contributed by atoms with van der Waals surface area (Å²) in [6, 6.07) is 13.5. The van der Waals surface area contributed by atoms with E-state index < -0.39 is 5.60 Å². The van der Waals surface area contributed by atoms with Gasteiger partial charge in [-0.3, -0.25) is 4.79 Å². The maximum atomic E-state index is 12.1. The fraction of sp³-hybridized carbons (Fsp3) is 0.389. The first-order chi connectivity index (χ1) is 10.5. The zero-order valence-electron chi connectivity index (χ0n) is 13.1. The van der Waals surface area contributed by atoms with Crippen molar-refractivity contribution < 1.29 is 9.90 Å². The predicted molar refractivity (Wildman–Crippen MR) is 90.8 cm³/mol. The Morgan fingerprint density at radius 1 is 1.27 bits per heavy atom. The summed E-state index contributed by atoms with van der Waals surface area (Å²) in [6.07, 6.45) is 1.04. The maximum Gasteiger partial charge on any atom is 0.223 e. The summed E-state index contributed by atoms with van der Waals surface area (Å²) in [7, 11) is 0. The minimum absolute atomic E-state index is 0.0722. The minimum atomic E-state index is -1.14.